The van der Waals surface area contributed by atoms with E-state index in [4.69, 9.17) is 9.15 Å². The SMILES string of the molecule is COc1ccc2nccc([C@@H](F)CC[C@@H]3CCN(CCSc4ccco4)C[C@@H]3CO)c2c1. The van der Waals surface area contributed by atoms with Gasteiger partial charge in [-0.3, -0.25) is 4.98 Å². The second kappa shape index (κ2) is 11.2. The molecule has 2 aromatic heterocycles. The Labute approximate surface area is 193 Å². The number of piperidine rings is 1. The van der Waals surface area contributed by atoms with Crippen molar-refractivity contribution in [2.75, 3.05) is 39.1 Å². The lowest BCUT2D eigenvalue weighted by Crippen LogP contribution is -2.43. The van der Waals surface area contributed by atoms with Crippen LogP contribution in [0.5, 0.6) is 5.75 Å². The summed E-state index contributed by atoms with van der Waals surface area (Å²) in [5, 5.41) is 11.7. The zero-order chi connectivity index (χ0) is 22.3. The van der Waals surface area contributed by atoms with Crippen LogP contribution in [0.3, 0.4) is 0 Å². The van der Waals surface area contributed by atoms with E-state index in [1.54, 1.807) is 37.4 Å². The maximum Gasteiger partial charge on any atom is 0.160 e. The Hall–Kier alpha value is -2.09. The number of aliphatic hydroxyl groups excluding tert-OH is 1. The smallest absolute Gasteiger partial charge is 0.160 e. The van der Waals surface area contributed by atoms with Gasteiger partial charge in [0.25, 0.3) is 0 Å². The molecule has 0 aliphatic carbocycles. The highest BCUT2D eigenvalue weighted by Crippen LogP contribution is 2.35. The molecule has 1 N–H and O–H groups in total. The van der Waals surface area contributed by atoms with Gasteiger partial charge in [0.1, 0.15) is 11.9 Å². The monoisotopic (exact) mass is 458 g/mol. The van der Waals surface area contributed by atoms with Crippen LogP contribution in [0, 0.1) is 11.8 Å². The van der Waals surface area contributed by atoms with E-state index in [0.29, 0.717) is 23.7 Å². The molecule has 0 amide bonds. The molecule has 0 unspecified atom stereocenters. The minimum Gasteiger partial charge on any atom is -0.497 e. The number of nitrogens with zero attached hydrogens (tertiary/aromatic N) is 2. The first-order valence-corrected chi connectivity index (χ1v) is 12.2. The fourth-order valence-corrected chi connectivity index (χ4v) is 5.48. The molecule has 1 aromatic carbocycles. The van der Waals surface area contributed by atoms with E-state index in [2.05, 4.69) is 9.88 Å². The number of furan rings is 1. The van der Waals surface area contributed by atoms with Crippen LogP contribution >= 0.6 is 11.8 Å². The molecule has 0 saturated carbocycles. The lowest BCUT2D eigenvalue weighted by molar-refractivity contribution is 0.0672. The van der Waals surface area contributed by atoms with Crippen LogP contribution in [-0.4, -0.2) is 54.1 Å². The van der Waals surface area contributed by atoms with Crippen LogP contribution in [0.4, 0.5) is 4.39 Å². The number of rotatable bonds is 10. The van der Waals surface area contributed by atoms with E-state index in [0.717, 1.165) is 54.2 Å². The molecule has 32 heavy (non-hydrogen) atoms. The molecule has 3 aromatic rings. The zero-order valence-electron chi connectivity index (χ0n) is 18.5. The minimum atomic E-state index is -1.06. The van der Waals surface area contributed by atoms with Crippen LogP contribution in [0.2, 0.25) is 0 Å². The van der Waals surface area contributed by atoms with Gasteiger partial charge in [0.15, 0.2) is 5.09 Å². The summed E-state index contributed by atoms with van der Waals surface area (Å²) in [4.78, 5) is 6.76. The third kappa shape index (κ3) is 5.63. The molecule has 5 nitrogen and oxygen atoms in total. The van der Waals surface area contributed by atoms with E-state index in [1.807, 2.05) is 30.3 Å². The summed E-state index contributed by atoms with van der Waals surface area (Å²) in [5.41, 5.74) is 1.45. The second-order valence-electron chi connectivity index (χ2n) is 8.40. The molecule has 3 atom stereocenters. The van der Waals surface area contributed by atoms with E-state index < -0.39 is 6.17 Å². The maximum absolute atomic E-state index is 15.3. The van der Waals surface area contributed by atoms with Gasteiger partial charge in [0, 0.05) is 37.0 Å². The molecular formula is C25H31FN2O3S. The van der Waals surface area contributed by atoms with Crippen molar-refractivity contribution in [1.29, 1.82) is 0 Å². The molecule has 1 aliphatic rings. The zero-order valence-corrected chi connectivity index (χ0v) is 19.3. The predicted molar refractivity (Wildman–Crippen MR) is 126 cm³/mol. The number of hydrogen-bond donors (Lipinski definition) is 1. The highest BCUT2D eigenvalue weighted by molar-refractivity contribution is 7.99. The molecule has 7 heteroatoms. The highest BCUT2D eigenvalue weighted by atomic mass is 32.2. The van der Waals surface area contributed by atoms with Crippen molar-refractivity contribution < 1.29 is 18.7 Å². The van der Waals surface area contributed by atoms with E-state index >= 15 is 4.39 Å². The van der Waals surface area contributed by atoms with Gasteiger partial charge in [-0.05, 0) is 79.6 Å². The Morgan fingerprint density at radius 3 is 3.00 bits per heavy atom. The van der Waals surface area contributed by atoms with Crippen molar-refractivity contribution in [3.63, 3.8) is 0 Å². The number of halogens is 1. The van der Waals surface area contributed by atoms with Gasteiger partial charge < -0.3 is 19.2 Å². The summed E-state index contributed by atoms with van der Waals surface area (Å²) in [7, 11) is 1.61. The van der Waals surface area contributed by atoms with Crippen LogP contribution in [0.25, 0.3) is 10.9 Å². The lowest BCUT2D eigenvalue weighted by Gasteiger charge is -2.38. The third-order valence-corrected chi connectivity index (χ3v) is 7.37. The van der Waals surface area contributed by atoms with Gasteiger partial charge in [-0.25, -0.2) is 4.39 Å². The van der Waals surface area contributed by atoms with Crippen molar-refractivity contribution in [1.82, 2.24) is 9.88 Å². The first-order valence-electron chi connectivity index (χ1n) is 11.2. The van der Waals surface area contributed by atoms with Crippen molar-refractivity contribution >= 4 is 22.7 Å². The van der Waals surface area contributed by atoms with Gasteiger partial charge in [0.05, 0.1) is 18.9 Å². The number of likely N-dealkylation sites (tertiary alicyclic amines) is 1. The number of fused-ring (bicyclic) bond motifs is 1. The first-order chi connectivity index (χ1) is 15.7. The summed E-state index contributed by atoms with van der Waals surface area (Å²) in [6.07, 6.45) is 4.52. The largest absolute Gasteiger partial charge is 0.497 e. The Morgan fingerprint density at radius 2 is 2.22 bits per heavy atom. The Kier molecular flexibility index (Phi) is 8.05. The molecule has 0 bridgehead atoms. The van der Waals surface area contributed by atoms with Gasteiger partial charge >= 0.3 is 0 Å². The summed E-state index contributed by atoms with van der Waals surface area (Å²) in [5.74, 6) is 2.20. The molecule has 172 valence electrons. The number of pyridine rings is 1. The number of ether oxygens (including phenoxy) is 1. The van der Waals surface area contributed by atoms with Crippen LogP contribution in [0.1, 0.15) is 31.0 Å². The molecule has 0 spiro atoms. The highest BCUT2D eigenvalue weighted by Gasteiger charge is 2.29. The molecule has 1 saturated heterocycles. The minimum absolute atomic E-state index is 0.152. The Balaban J connectivity index is 1.31. The Bertz CT molecular complexity index is 984. The number of aromatic nitrogens is 1. The van der Waals surface area contributed by atoms with E-state index in [-0.39, 0.29) is 12.5 Å². The molecular weight excluding hydrogens is 427 g/mol. The summed E-state index contributed by atoms with van der Waals surface area (Å²) in [6.45, 7) is 2.97. The van der Waals surface area contributed by atoms with Crippen molar-refractivity contribution in [2.45, 2.75) is 30.5 Å². The van der Waals surface area contributed by atoms with Gasteiger partial charge in [-0.2, -0.15) is 0 Å². The number of thioether (sulfide) groups is 1. The van der Waals surface area contributed by atoms with Crippen LogP contribution in [-0.2, 0) is 0 Å². The topological polar surface area (TPSA) is 58.7 Å². The molecule has 3 heterocycles. The molecule has 4 rings (SSSR count). The molecule has 1 aliphatic heterocycles. The van der Waals surface area contributed by atoms with Crippen molar-refractivity contribution in [3.8, 4) is 5.75 Å². The lowest BCUT2D eigenvalue weighted by atomic mass is 9.81. The standard InChI is InChI=1S/C25H31FN2O3S/c1-30-20-5-7-24-22(15-20)21(8-10-27-24)23(26)6-4-18-9-11-28(16-19(18)17-29)12-14-32-25-3-2-13-31-25/h2-3,5,7-8,10,13,15,18-19,23,29H,4,6,9,11-12,14,16-17H2,1H3/t18-,19-,23+/m1/s1. The van der Waals surface area contributed by atoms with Crippen molar-refractivity contribution in [2.24, 2.45) is 11.8 Å². The number of alkyl halides is 1. The quantitative estimate of drug-likeness (QED) is 0.413. The number of aliphatic hydroxyl groups is 1. The molecule has 0 radical (unpaired) electrons. The maximum atomic E-state index is 15.3. The van der Waals surface area contributed by atoms with E-state index in [1.165, 1.54) is 0 Å². The van der Waals surface area contributed by atoms with Crippen LogP contribution in [0.15, 0.2) is 58.4 Å². The average Bonchev–Trinajstić information content (AvgIpc) is 3.35. The third-order valence-electron chi connectivity index (χ3n) is 6.47. The molecule has 1 fully saturated rings. The summed E-state index contributed by atoms with van der Waals surface area (Å²) >= 11 is 1.71. The predicted octanol–water partition coefficient (Wildman–Crippen LogP) is 5.35. The fourth-order valence-electron chi connectivity index (χ4n) is 4.63. The summed E-state index contributed by atoms with van der Waals surface area (Å²) in [6, 6.07) is 11.2. The van der Waals surface area contributed by atoms with E-state index in [9.17, 15) is 5.11 Å². The van der Waals surface area contributed by atoms with Gasteiger partial charge in [-0.15, -0.1) is 0 Å². The Morgan fingerprint density at radius 1 is 1.31 bits per heavy atom. The van der Waals surface area contributed by atoms with Gasteiger partial charge in [0.2, 0.25) is 0 Å². The number of methoxy groups -OCH3 is 1. The number of benzene rings is 1. The first kappa shape index (κ1) is 23.1. The van der Waals surface area contributed by atoms with Crippen molar-refractivity contribution in [3.05, 3.63) is 54.4 Å². The van der Waals surface area contributed by atoms with Gasteiger partial charge in [-0.1, -0.05) is 11.8 Å². The number of hydrogen-bond acceptors (Lipinski definition) is 6. The normalized spacial score (nSPS) is 20.5. The second-order valence-corrected chi connectivity index (χ2v) is 9.50. The van der Waals surface area contributed by atoms with Crippen LogP contribution < -0.4 is 4.74 Å². The average molecular weight is 459 g/mol. The fraction of sp³-hybridized carbons (Fsp3) is 0.480. The summed E-state index contributed by atoms with van der Waals surface area (Å²) < 4.78 is 26.0.